The molecule has 1 aliphatic carbocycles. The van der Waals surface area contributed by atoms with Crippen LogP contribution in [0.4, 0.5) is 4.79 Å². The molecule has 0 aromatic heterocycles. The van der Waals surface area contributed by atoms with E-state index in [4.69, 9.17) is 9.84 Å². The molecule has 0 bridgehead atoms. The van der Waals surface area contributed by atoms with Crippen molar-refractivity contribution in [3.05, 3.63) is 59.7 Å². The van der Waals surface area contributed by atoms with E-state index in [2.05, 4.69) is 34.9 Å². The van der Waals surface area contributed by atoms with Gasteiger partial charge < -0.3 is 20.5 Å². The highest BCUT2D eigenvalue weighted by molar-refractivity contribution is 5.90. The largest absolute Gasteiger partial charge is 0.481 e. The molecule has 2 amide bonds. The number of fused-ring (bicyclic) bond motifs is 3. The fourth-order valence-corrected chi connectivity index (χ4v) is 4.76. The number of nitrogens with one attached hydrogen (secondary N) is 2. The van der Waals surface area contributed by atoms with Crippen molar-refractivity contribution in [1.82, 2.24) is 10.6 Å². The van der Waals surface area contributed by atoms with Gasteiger partial charge in [0, 0.05) is 18.9 Å². The zero-order valence-electron chi connectivity index (χ0n) is 20.6. The third kappa shape index (κ3) is 6.41. The van der Waals surface area contributed by atoms with E-state index in [0.29, 0.717) is 25.8 Å². The molecule has 7 heteroatoms. The molecule has 0 fully saturated rings. The number of carboxylic acids is 1. The van der Waals surface area contributed by atoms with Crippen molar-refractivity contribution in [2.45, 2.75) is 70.3 Å². The van der Waals surface area contributed by atoms with Gasteiger partial charge in [0.2, 0.25) is 5.91 Å². The normalized spacial score (nSPS) is 12.5. The summed E-state index contributed by atoms with van der Waals surface area (Å²) in [7, 11) is 0. The molecule has 188 valence electrons. The minimum Gasteiger partial charge on any atom is -0.481 e. The summed E-state index contributed by atoms with van der Waals surface area (Å²) in [5, 5.41) is 14.5. The van der Waals surface area contributed by atoms with Gasteiger partial charge in [0.1, 0.15) is 12.1 Å². The number of hydrogen-bond donors (Lipinski definition) is 3. The molecular formula is C28H36N2O5. The Morgan fingerprint density at radius 3 is 2.03 bits per heavy atom. The minimum absolute atomic E-state index is 0.0410. The number of benzene rings is 2. The molecular weight excluding hydrogens is 444 g/mol. The van der Waals surface area contributed by atoms with Crippen LogP contribution in [0.25, 0.3) is 11.1 Å². The molecule has 0 radical (unpaired) electrons. The Hall–Kier alpha value is -3.35. The number of carbonyl (C=O) groups excluding carboxylic acids is 2. The predicted octanol–water partition coefficient (Wildman–Crippen LogP) is 5.24. The van der Waals surface area contributed by atoms with Gasteiger partial charge in [0.05, 0.1) is 0 Å². The molecule has 0 spiro atoms. The lowest BCUT2D eigenvalue weighted by molar-refractivity contribution is -0.137. The second-order valence-electron chi connectivity index (χ2n) is 9.05. The second kappa shape index (κ2) is 12.4. The molecule has 3 rings (SSSR count). The summed E-state index contributed by atoms with van der Waals surface area (Å²) in [5.41, 5.74) is 3.57. The van der Waals surface area contributed by atoms with Gasteiger partial charge in [-0.1, -0.05) is 75.2 Å². The second-order valence-corrected chi connectivity index (χ2v) is 9.05. The quantitative estimate of drug-likeness (QED) is 0.340. The molecule has 0 heterocycles. The molecule has 0 unspecified atom stereocenters. The number of alkyl carbamates (subject to hydrolysis) is 1. The number of rotatable bonds is 13. The van der Waals surface area contributed by atoms with Crippen molar-refractivity contribution in [2.24, 2.45) is 0 Å². The highest BCUT2D eigenvalue weighted by Gasteiger charge is 2.37. The summed E-state index contributed by atoms with van der Waals surface area (Å²) in [6.45, 7) is 4.43. The molecule has 2 aromatic rings. The monoisotopic (exact) mass is 480 g/mol. The van der Waals surface area contributed by atoms with Crippen molar-refractivity contribution in [3.8, 4) is 11.1 Å². The van der Waals surface area contributed by atoms with E-state index in [0.717, 1.165) is 41.5 Å². The molecule has 0 saturated heterocycles. The van der Waals surface area contributed by atoms with Gasteiger partial charge in [0.25, 0.3) is 0 Å². The average molecular weight is 481 g/mol. The molecule has 0 saturated carbocycles. The van der Waals surface area contributed by atoms with Crippen LogP contribution in [0.3, 0.4) is 0 Å². The topological polar surface area (TPSA) is 105 Å². The van der Waals surface area contributed by atoms with Crippen molar-refractivity contribution >= 4 is 18.0 Å². The first-order valence-electron chi connectivity index (χ1n) is 12.5. The van der Waals surface area contributed by atoms with E-state index in [-0.39, 0.29) is 24.9 Å². The van der Waals surface area contributed by atoms with Crippen LogP contribution in [0.15, 0.2) is 48.5 Å². The van der Waals surface area contributed by atoms with Gasteiger partial charge >= 0.3 is 12.1 Å². The predicted molar refractivity (Wildman–Crippen MR) is 135 cm³/mol. The summed E-state index contributed by atoms with van der Waals surface area (Å²) >= 11 is 0. The van der Waals surface area contributed by atoms with E-state index in [1.54, 1.807) is 0 Å². The fraction of sp³-hybridized carbons (Fsp3) is 0.464. The van der Waals surface area contributed by atoms with Crippen molar-refractivity contribution in [2.75, 3.05) is 13.2 Å². The van der Waals surface area contributed by atoms with Crippen LogP contribution in [0, 0.1) is 0 Å². The maximum Gasteiger partial charge on any atom is 0.408 e. The maximum atomic E-state index is 13.0. The van der Waals surface area contributed by atoms with Crippen LogP contribution < -0.4 is 10.6 Å². The highest BCUT2D eigenvalue weighted by Crippen LogP contribution is 2.44. The van der Waals surface area contributed by atoms with E-state index >= 15 is 0 Å². The SMILES string of the molecule is CCC(CC)(NC(=O)OCC1c2ccccc2-c2ccccc21)C(=O)NCCCCCCC(=O)O. The standard InChI is InChI=1S/C28H36N2O5/c1-3-28(4-2,26(33)29-18-12-6-5-7-17-25(31)32)30-27(34)35-19-24-22-15-10-8-13-20(22)21-14-9-11-16-23(21)24/h8-11,13-16,24H,3-7,12,17-19H2,1-2H3,(H,29,33)(H,30,34)(H,31,32). The lowest BCUT2D eigenvalue weighted by atomic mass is 9.91. The summed E-state index contributed by atoms with van der Waals surface area (Å²) in [5.74, 6) is -1.05. The van der Waals surface area contributed by atoms with Crippen molar-refractivity contribution in [1.29, 1.82) is 0 Å². The van der Waals surface area contributed by atoms with Crippen LogP contribution in [-0.2, 0) is 14.3 Å². The van der Waals surface area contributed by atoms with Gasteiger partial charge in [-0.2, -0.15) is 0 Å². The van der Waals surface area contributed by atoms with Crippen molar-refractivity contribution < 1.29 is 24.2 Å². The van der Waals surface area contributed by atoms with Gasteiger partial charge in [-0.25, -0.2) is 4.79 Å². The van der Waals surface area contributed by atoms with Crippen LogP contribution in [0.1, 0.15) is 75.8 Å². The van der Waals surface area contributed by atoms with Crippen LogP contribution >= 0.6 is 0 Å². The van der Waals surface area contributed by atoms with Crippen LogP contribution in [0.2, 0.25) is 0 Å². The minimum atomic E-state index is -1.04. The molecule has 2 aromatic carbocycles. The first-order chi connectivity index (χ1) is 16.9. The third-order valence-corrected chi connectivity index (χ3v) is 6.93. The summed E-state index contributed by atoms with van der Waals surface area (Å²) in [4.78, 5) is 36.3. The smallest absolute Gasteiger partial charge is 0.408 e. The summed E-state index contributed by atoms with van der Waals surface area (Å²) in [6.07, 6.45) is 3.52. The Morgan fingerprint density at radius 1 is 0.886 bits per heavy atom. The zero-order chi connectivity index (χ0) is 25.3. The maximum absolute atomic E-state index is 13.0. The number of aliphatic carboxylic acids is 1. The van der Waals surface area contributed by atoms with Gasteiger partial charge in [-0.05, 0) is 47.9 Å². The molecule has 1 aliphatic rings. The Bertz CT molecular complexity index is 986. The fourth-order valence-electron chi connectivity index (χ4n) is 4.76. The zero-order valence-corrected chi connectivity index (χ0v) is 20.6. The first-order valence-corrected chi connectivity index (χ1v) is 12.5. The number of carboxylic acid groups (broad SMARTS) is 1. The van der Waals surface area contributed by atoms with Crippen LogP contribution in [0.5, 0.6) is 0 Å². The van der Waals surface area contributed by atoms with Gasteiger partial charge in [-0.15, -0.1) is 0 Å². The van der Waals surface area contributed by atoms with E-state index < -0.39 is 17.6 Å². The molecule has 7 nitrogen and oxygen atoms in total. The number of ether oxygens (including phenoxy) is 1. The number of unbranched alkanes of at least 4 members (excludes halogenated alkanes) is 3. The van der Waals surface area contributed by atoms with Gasteiger partial charge in [-0.3, -0.25) is 9.59 Å². The lowest BCUT2D eigenvalue weighted by Crippen LogP contribution is -2.58. The third-order valence-electron chi connectivity index (χ3n) is 6.93. The Balaban J connectivity index is 1.53. The lowest BCUT2D eigenvalue weighted by Gasteiger charge is -2.31. The van der Waals surface area contributed by atoms with E-state index in [1.807, 2.05) is 38.1 Å². The molecule has 0 atom stereocenters. The molecule has 3 N–H and O–H groups in total. The first kappa shape index (κ1) is 26.3. The van der Waals surface area contributed by atoms with Crippen molar-refractivity contribution in [3.63, 3.8) is 0 Å². The average Bonchev–Trinajstić information content (AvgIpc) is 3.19. The van der Waals surface area contributed by atoms with Gasteiger partial charge in [0.15, 0.2) is 0 Å². The Labute approximate surface area is 207 Å². The number of amides is 2. The Morgan fingerprint density at radius 2 is 1.46 bits per heavy atom. The number of hydrogen-bond acceptors (Lipinski definition) is 4. The van der Waals surface area contributed by atoms with E-state index in [9.17, 15) is 14.4 Å². The summed E-state index contributed by atoms with van der Waals surface area (Å²) in [6, 6.07) is 16.3. The Kier molecular flexibility index (Phi) is 9.29. The van der Waals surface area contributed by atoms with Crippen LogP contribution in [-0.4, -0.2) is 41.8 Å². The highest BCUT2D eigenvalue weighted by atomic mass is 16.5. The molecule has 35 heavy (non-hydrogen) atoms. The number of carbonyl (C=O) groups is 3. The molecule has 0 aliphatic heterocycles. The summed E-state index contributed by atoms with van der Waals surface area (Å²) < 4.78 is 5.66. The van der Waals surface area contributed by atoms with E-state index in [1.165, 1.54) is 0 Å².